The van der Waals surface area contributed by atoms with Crippen molar-refractivity contribution >= 4 is 5.82 Å². The highest BCUT2D eigenvalue weighted by atomic mass is 16.3. The van der Waals surface area contributed by atoms with Crippen LogP contribution in [-0.2, 0) is 6.54 Å². The Kier molecular flexibility index (Phi) is 5.54. The quantitative estimate of drug-likeness (QED) is 0.875. The summed E-state index contributed by atoms with van der Waals surface area (Å²) < 4.78 is 0. The van der Waals surface area contributed by atoms with Gasteiger partial charge in [-0.15, -0.1) is 0 Å². The van der Waals surface area contributed by atoms with Crippen LogP contribution >= 0.6 is 0 Å². The molecule has 3 heterocycles. The summed E-state index contributed by atoms with van der Waals surface area (Å²) in [7, 11) is 0. The van der Waals surface area contributed by atoms with Crippen LogP contribution in [0.5, 0.6) is 0 Å². The number of hydrogen-bond acceptors (Lipinski definition) is 4. The Labute approximate surface area is 140 Å². The van der Waals surface area contributed by atoms with Gasteiger partial charge in [-0.3, -0.25) is 4.90 Å². The van der Waals surface area contributed by atoms with E-state index in [9.17, 15) is 5.11 Å². The molecule has 1 N–H and O–H groups in total. The summed E-state index contributed by atoms with van der Waals surface area (Å²) in [5, 5.41) is 9.89. The Hall–Kier alpha value is -1.13. The second-order valence-electron chi connectivity index (χ2n) is 7.44. The third-order valence-electron chi connectivity index (χ3n) is 5.52. The third-order valence-corrected chi connectivity index (χ3v) is 5.52. The molecule has 1 aromatic heterocycles. The highest BCUT2D eigenvalue weighted by Gasteiger charge is 2.34. The lowest BCUT2D eigenvalue weighted by atomic mass is 9.77. The fourth-order valence-corrected chi connectivity index (χ4v) is 4.24. The van der Waals surface area contributed by atoms with Gasteiger partial charge in [0.05, 0.1) is 6.61 Å². The second kappa shape index (κ2) is 7.63. The SMILES string of the molecule is CCC[C@]1(CO)CCCN(c2ccc(CN3CCCC3)cn2)C1. The predicted octanol–water partition coefficient (Wildman–Crippen LogP) is 3.06. The normalized spacial score (nSPS) is 25.9. The van der Waals surface area contributed by atoms with Crippen molar-refractivity contribution in [3.05, 3.63) is 23.9 Å². The first-order valence-electron chi connectivity index (χ1n) is 9.28. The Morgan fingerprint density at radius 3 is 2.65 bits per heavy atom. The van der Waals surface area contributed by atoms with Crippen molar-refractivity contribution in [2.75, 3.05) is 37.7 Å². The molecule has 1 atom stereocenters. The van der Waals surface area contributed by atoms with Gasteiger partial charge >= 0.3 is 0 Å². The fourth-order valence-electron chi connectivity index (χ4n) is 4.24. The Morgan fingerprint density at radius 2 is 2.00 bits per heavy atom. The van der Waals surface area contributed by atoms with Gasteiger partial charge in [0, 0.05) is 31.2 Å². The lowest BCUT2D eigenvalue weighted by molar-refractivity contribution is 0.0952. The number of rotatable bonds is 6. The van der Waals surface area contributed by atoms with Gasteiger partial charge in [-0.25, -0.2) is 4.98 Å². The molecule has 2 aliphatic rings. The zero-order valence-corrected chi connectivity index (χ0v) is 14.5. The van der Waals surface area contributed by atoms with E-state index in [2.05, 4.69) is 28.9 Å². The van der Waals surface area contributed by atoms with E-state index in [-0.39, 0.29) is 5.41 Å². The zero-order chi connectivity index (χ0) is 16.1. The maximum Gasteiger partial charge on any atom is 0.128 e. The molecule has 2 aliphatic heterocycles. The van der Waals surface area contributed by atoms with Crippen molar-refractivity contribution in [2.45, 2.75) is 52.0 Å². The molecule has 0 amide bonds. The lowest BCUT2D eigenvalue weighted by Gasteiger charge is -2.42. The summed E-state index contributed by atoms with van der Waals surface area (Å²) >= 11 is 0. The van der Waals surface area contributed by atoms with Crippen LogP contribution in [0, 0.1) is 5.41 Å². The molecule has 0 unspecified atom stereocenters. The fraction of sp³-hybridized carbons (Fsp3) is 0.737. The van der Waals surface area contributed by atoms with Crippen molar-refractivity contribution in [1.82, 2.24) is 9.88 Å². The van der Waals surface area contributed by atoms with Crippen LogP contribution in [0.2, 0.25) is 0 Å². The highest BCUT2D eigenvalue weighted by molar-refractivity contribution is 5.40. The summed E-state index contributed by atoms with van der Waals surface area (Å²) in [4.78, 5) is 9.60. The minimum atomic E-state index is 0.0723. The van der Waals surface area contributed by atoms with Gasteiger partial charge in [-0.1, -0.05) is 19.4 Å². The monoisotopic (exact) mass is 317 g/mol. The molecule has 1 aromatic rings. The van der Waals surface area contributed by atoms with Crippen LogP contribution in [0.15, 0.2) is 18.3 Å². The molecule has 0 aliphatic carbocycles. The maximum atomic E-state index is 9.89. The number of pyridine rings is 1. The van der Waals surface area contributed by atoms with Crippen LogP contribution in [-0.4, -0.2) is 47.8 Å². The van der Waals surface area contributed by atoms with Crippen LogP contribution in [0.1, 0.15) is 51.0 Å². The van der Waals surface area contributed by atoms with Crippen LogP contribution in [0.3, 0.4) is 0 Å². The van der Waals surface area contributed by atoms with Gasteiger partial charge in [0.1, 0.15) is 5.82 Å². The van der Waals surface area contributed by atoms with Crippen molar-refractivity contribution in [3.8, 4) is 0 Å². The molecule has 23 heavy (non-hydrogen) atoms. The number of aromatic nitrogens is 1. The summed E-state index contributed by atoms with van der Waals surface area (Å²) in [5.74, 6) is 1.07. The summed E-state index contributed by atoms with van der Waals surface area (Å²) in [5.41, 5.74) is 1.39. The van der Waals surface area contributed by atoms with Crippen LogP contribution in [0.25, 0.3) is 0 Å². The molecule has 0 aromatic carbocycles. The molecular formula is C19H31N3O. The van der Waals surface area contributed by atoms with E-state index >= 15 is 0 Å². The number of anilines is 1. The summed E-state index contributed by atoms with van der Waals surface area (Å²) in [6.07, 6.45) is 9.24. The largest absolute Gasteiger partial charge is 0.396 e. The smallest absolute Gasteiger partial charge is 0.128 e. The second-order valence-corrected chi connectivity index (χ2v) is 7.44. The van der Waals surface area contributed by atoms with E-state index in [0.29, 0.717) is 6.61 Å². The molecule has 2 fully saturated rings. The molecular weight excluding hydrogens is 286 g/mol. The number of hydrogen-bond donors (Lipinski definition) is 1. The molecule has 2 saturated heterocycles. The molecule has 4 heteroatoms. The summed E-state index contributed by atoms with van der Waals surface area (Å²) in [6.45, 7) is 7.99. The van der Waals surface area contributed by atoms with E-state index in [4.69, 9.17) is 4.98 Å². The van der Waals surface area contributed by atoms with E-state index in [0.717, 1.165) is 51.1 Å². The Bertz CT molecular complexity index is 480. The first-order chi connectivity index (χ1) is 11.2. The molecule has 0 radical (unpaired) electrons. The minimum Gasteiger partial charge on any atom is -0.396 e. The van der Waals surface area contributed by atoms with E-state index in [1.165, 1.54) is 31.5 Å². The van der Waals surface area contributed by atoms with Crippen molar-refractivity contribution in [2.24, 2.45) is 5.41 Å². The molecule has 0 bridgehead atoms. The van der Waals surface area contributed by atoms with Crippen LogP contribution in [0.4, 0.5) is 5.82 Å². The first-order valence-corrected chi connectivity index (χ1v) is 9.28. The van der Waals surface area contributed by atoms with E-state index in [1.807, 2.05) is 6.20 Å². The number of likely N-dealkylation sites (tertiary alicyclic amines) is 1. The topological polar surface area (TPSA) is 39.6 Å². The molecule has 4 nitrogen and oxygen atoms in total. The van der Waals surface area contributed by atoms with Gasteiger partial charge < -0.3 is 10.0 Å². The first kappa shape index (κ1) is 16.7. The van der Waals surface area contributed by atoms with Gasteiger partial charge in [-0.05, 0) is 56.8 Å². The number of nitrogens with zero attached hydrogens (tertiary/aromatic N) is 3. The predicted molar refractivity (Wildman–Crippen MR) is 94.6 cm³/mol. The molecule has 128 valence electrons. The van der Waals surface area contributed by atoms with Gasteiger partial charge in [0.2, 0.25) is 0 Å². The van der Waals surface area contributed by atoms with Gasteiger partial charge in [0.25, 0.3) is 0 Å². The van der Waals surface area contributed by atoms with Crippen LogP contribution < -0.4 is 4.90 Å². The Balaban J connectivity index is 1.63. The third kappa shape index (κ3) is 4.04. The molecule has 3 rings (SSSR count). The molecule has 0 spiro atoms. The molecule has 0 saturated carbocycles. The lowest BCUT2D eigenvalue weighted by Crippen LogP contribution is -2.45. The number of aliphatic hydroxyl groups excluding tert-OH is 1. The van der Waals surface area contributed by atoms with E-state index in [1.54, 1.807) is 0 Å². The average molecular weight is 317 g/mol. The maximum absolute atomic E-state index is 9.89. The Morgan fingerprint density at radius 1 is 1.17 bits per heavy atom. The van der Waals surface area contributed by atoms with Gasteiger partial charge in [-0.2, -0.15) is 0 Å². The average Bonchev–Trinajstić information content (AvgIpc) is 3.09. The standard InChI is InChI=1S/C19H31N3O/c1-2-8-19(16-23)9-5-12-22(15-19)18-7-6-17(13-20-18)14-21-10-3-4-11-21/h6-7,13,23H,2-5,8-12,14-16H2,1H3/t19-/m0/s1. The minimum absolute atomic E-state index is 0.0723. The van der Waals surface area contributed by atoms with Crippen molar-refractivity contribution in [1.29, 1.82) is 0 Å². The van der Waals surface area contributed by atoms with Crippen molar-refractivity contribution in [3.63, 3.8) is 0 Å². The van der Waals surface area contributed by atoms with Crippen molar-refractivity contribution < 1.29 is 5.11 Å². The number of aliphatic hydroxyl groups is 1. The summed E-state index contributed by atoms with van der Waals surface area (Å²) in [6, 6.07) is 4.40. The highest BCUT2D eigenvalue weighted by Crippen LogP contribution is 2.35. The zero-order valence-electron chi connectivity index (χ0n) is 14.5. The van der Waals surface area contributed by atoms with Gasteiger partial charge in [0.15, 0.2) is 0 Å². The van der Waals surface area contributed by atoms with E-state index < -0.39 is 0 Å². The number of piperidine rings is 1.